The van der Waals surface area contributed by atoms with Crippen molar-refractivity contribution in [3.63, 3.8) is 0 Å². The average Bonchev–Trinajstić information content (AvgIpc) is 2.96. The van der Waals surface area contributed by atoms with Gasteiger partial charge in [0.25, 0.3) is 0 Å². The van der Waals surface area contributed by atoms with Crippen molar-refractivity contribution in [3.05, 3.63) is 52.2 Å². The second kappa shape index (κ2) is 7.31. The Balaban J connectivity index is 2.17. The van der Waals surface area contributed by atoms with E-state index >= 15 is 0 Å². The molecule has 0 saturated heterocycles. The summed E-state index contributed by atoms with van der Waals surface area (Å²) in [4.78, 5) is 0. The Bertz CT molecular complexity index is 481. The lowest BCUT2D eigenvalue weighted by atomic mass is 10.00. The minimum absolute atomic E-state index is 0.294. The van der Waals surface area contributed by atoms with E-state index in [-0.39, 0.29) is 0 Å². The molecular formula is C16H21NOS. The lowest BCUT2D eigenvalue weighted by Crippen LogP contribution is -2.19. The van der Waals surface area contributed by atoms with E-state index in [0.717, 1.165) is 25.2 Å². The zero-order chi connectivity index (χ0) is 13.5. The predicted octanol–water partition coefficient (Wildman–Crippen LogP) is 4.04. The van der Waals surface area contributed by atoms with Crippen LogP contribution in [0.5, 0.6) is 5.75 Å². The van der Waals surface area contributed by atoms with Crippen molar-refractivity contribution >= 4 is 11.3 Å². The maximum atomic E-state index is 5.85. The molecule has 2 aromatic rings. The normalized spacial score (nSPS) is 12.3. The molecule has 102 valence electrons. The zero-order valence-corrected chi connectivity index (χ0v) is 12.4. The SMILES string of the molecule is CCCOc1ccccc1C(Cc1ccsc1)NC. The number of hydrogen-bond acceptors (Lipinski definition) is 3. The fraction of sp³-hybridized carbons (Fsp3) is 0.375. The number of hydrogen-bond donors (Lipinski definition) is 1. The summed E-state index contributed by atoms with van der Waals surface area (Å²) in [6.07, 6.45) is 2.02. The molecule has 0 saturated carbocycles. The van der Waals surface area contributed by atoms with Crippen LogP contribution >= 0.6 is 11.3 Å². The van der Waals surface area contributed by atoms with Crippen molar-refractivity contribution in [3.8, 4) is 5.75 Å². The molecule has 1 atom stereocenters. The first-order chi connectivity index (χ1) is 9.35. The molecule has 0 fully saturated rings. The Morgan fingerprint density at radius 1 is 1.26 bits per heavy atom. The number of benzene rings is 1. The molecule has 0 bridgehead atoms. The second-order valence-electron chi connectivity index (χ2n) is 4.56. The van der Waals surface area contributed by atoms with Crippen molar-refractivity contribution in [2.45, 2.75) is 25.8 Å². The Labute approximate surface area is 119 Å². The van der Waals surface area contributed by atoms with Gasteiger partial charge in [0, 0.05) is 11.6 Å². The molecule has 2 rings (SSSR count). The third kappa shape index (κ3) is 3.82. The van der Waals surface area contributed by atoms with Crippen molar-refractivity contribution in [2.24, 2.45) is 0 Å². The maximum Gasteiger partial charge on any atom is 0.124 e. The smallest absolute Gasteiger partial charge is 0.124 e. The van der Waals surface area contributed by atoms with E-state index in [1.54, 1.807) is 11.3 Å². The van der Waals surface area contributed by atoms with Gasteiger partial charge in [0.15, 0.2) is 0 Å². The van der Waals surface area contributed by atoms with E-state index in [0.29, 0.717) is 6.04 Å². The summed E-state index contributed by atoms with van der Waals surface area (Å²) in [6.45, 7) is 2.90. The van der Waals surface area contributed by atoms with E-state index in [1.165, 1.54) is 11.1 Å². The Hall–Kier alpha value is -1.32. The van der Waals surface area contributed by atoms with E-state index in [4.69, 9.17) is 4.74 Å². The van der Waals surface area contributed by atoms with Gasteiger partial charge in [-0.25, -0.2) is 0 Å². The molecule has 1 heterocycles. The van der Waals surface area contributed by atoms with E-state index < -0.39 is 0 Å². The summed E-state index contributed by atoms with van der Waals surface area (Å²) in [6, 6.07) is 10.8. The molecule has 0 aliphatic heterocycles. The van der Waals surface area contributed by atoms with Crippen LogP contribution in [0.4, 0.5) is 0 Å². The summed E-state index contributed by atoms with van der Waals surface area (Å²) in [5.74, 6) is 0.999. The minimum atomic E-state index is 0.294. The number of para-hydroxylation sites is 1. The highest BCUT2D eigenvalue weighted by atomic mass is 32.1. The standard InChI is InChI=1S/C16H21NOS/c1-3-9-18-16-7-5-4-6-14(16)15(17-2)11-13-8-10-19-12-13/h4-8,10,12,15,17H,3,9,11H2,1-2H3. The van der Waals surface area contributed by atoms with Crippen LogP contribution in [0.15, 0.2) is 41.1 Å². The lowest BCUT2D eigenvalue weighted by molar-refractivity contribution is 0.310. The topological polar surface area (TPSA) is 21.3 Å². The average molecular weight is 275 g/mol. The third-order valence-electron chi connectivity index (χ3n) is 3.12. The largest absolute Gasteiger partial charge is 0.493 e. The van der Waals surface area contributed by atoms with Crippen LogP contribution in [-0.2, 0) is 6.42 Å². The molecule has 1 unspecified atom stereocenters. The quantitative estimate of drug-likeness (QED) is 0.823. The summed E-state index contributed by atoms with van der Waals surface area (Å²) in [5, 5.41) is 7.73. The summed E-state index contributed by atoms with van der Waals surface area (Å²) in [5.41, 5.74) is 2.61. The number of nitrogens with one attached hydrogen (secondary N) is 1. The van der Waals surface area contributed by atoms with Crippen molar-refractivity contribution in [1.29, 1.82) is 0 Å². The van der Waals surface area contributed by atoms with Gasteiger partial charge >= 0.3 is 0 Å². The molecule has 0 spiro atoms. The Morgan fingerprint density at radius 2 is 2.11 bits per heavy atom. The van der Waals surface area contributed by atoms with Crippen molar-refractivity contribution in [1.82, 2.24) is 5.32 Å². The Kier molecular flexibility index (Phi) is 5.43. The van der Waals surface area contributed by atoms with Crippen LogP contribution in [0.2, 0.25) is 0 Å². The molecule has 2 nitrogen and oxygen atoms in total. The fourth-order valence-corrected chi connectivity index (χ4v) is 2.81. The number of likely N-dealkylation sites (N-methyl/N-ethyl adjacent to an activating group) is 1. The lowest BCUT2D eigenvalue weighted by Gasteiger charge is -2.19. The van der Waals surface area contributed by atoms with E-state index in [1.807, 2.05) is 13.1 Å². The van der Waals surface area contributed by atoms with Crippen LogP contribution in [-0.4, -0.2) is 13.7 Å². The minimum Gasteiger partial charge on any atom is -0.493 e. The van der Waals surface area contributed by atoms with Gasteiger partial charge < -0.3 is 10.1 Å². The van der Waals surface area contributed by atoms with Gasteiger partial charge in [0.2, 0.25) is 0 Å². The number of thiophene rings is 1. The van der Waals surface area contributed by atoms with Crippen LogP contribution < -0.4 is 10.1 Å². The molecule has 0 radical (unpaired) electrons. The first-order valence-electron chi connectivity index (χ1n) is 6.75. The van der Waals surface area contributed by atoms with Gasteiger partial charge in [-0.1, -0.05) is 25.1 Å². The van der Waals surface area contributed by atoms with Crippen LogP contribution in [0.3, 0.4) is 0 Å². The number of ether oxygens (including phenoxy) is 1. The molecule has 0 amide bonds. The highest BCUT2D eigenvalue weighted by Gasteiger charge is 2.15. The van der Waals surface area contributed by atoms with Gasteiger partial charge in [-0.05, 0) is 48.3 Å². The van der Waals surface area contributed by atoms with E-state index in [2.05, 4.69) is 47.3 Å². The van der Waals surface area contributed by atoms with Gasteiger partial charge in [-0.2, -0.15) is 11.3 Å². The Morgan fingerprint density at radius 3 is 2.79 bits per heavy atom. The monoisotopic (exact) mass is 275 g/mol. The van der Waals surface area contributed by atoms with Gasteiger partial charge in [0.05, 0.1) is 6.61 Å². The molecule has 3 heteroatoms. The van der Waals surface area contributed by atoms with Gasteiger partial charge in [-0.3, -0.25) is 0 Å². The summed E-state index contributed by atoms with van der Waals surface area (Å²) < 4.78 is 5.85. The second-order valence-corrected chi connectivity index (χ2v) is 5.34. The van der Waals surface area contributed by atoms with Crippen molar-refractivity contribution < 1.29 is 4.74 Å². The predicted molar refractivity (Wildman–Crippen MR) is 82.1 cm³/mol. The molecule has 1 N–H and O–H groups in total. The van der Waals surface area contributed by atoms with Gasteiger partial charge in [0.1, 0.15) is 5.75 Å². The summed E-state index contributed by atoms with van der Waals surface area (Å²) in [7, 11) is 2.01. The zero-order valence-electron chi connectivity index (χ0n) is 11.6. The maximum absolute atomic E-state index is 5.85. The number of rotatable bonds is 7. The van der Waals surface area contributed by atoms with Gasteiger partial charge in [-0.15, -0.1) is 0 Å². The molecule has 1 aromatic heterocycles. The molecule has 19 heavy (non-hydrogen) atoms. The first kappa shape index (κ1) is 14.1. The molecule has 0 aliphatic carbocycles. The van der Waals surface area contributed by atoms with Crippen LogP contribution in [0.25, 0.3) is 0 Å². The first-order valence-corrected chi connectivity index (χ1v) is 7.69. The molecule has 0 aliphatic rings. The molecular weight excluding hydrogens is 254 g/mol. The van der Waals surface area contributed by atoms with E-state index in [9.17, 15) is 0 Å². The van der Waals surface area contributed by atoms with Crippen LogP contribution in [0, 0.1) is 0 Å². The fourth-order valence-electron chi connectivity index (χ4n) is 2.12. The van der Waals surface area contributed by atoms with Crippen LogP contribution in [0.1, 0.15) is 30.5 Å². The summed E-state index contributed by atoms with van der Waals surface area (Å²) >= 11 is 1.75. The van der Waals surface area contributed by atoms with Crippen molar-refractivity contribution in [2.75, 3.05) is 13.7 Å². The highest BCUT2D eigenvalue weighted by Crippen LogP contribution is 2.28. The highest BCUT2D eigenvalue weighted by molar-refractivity contribution is 7.07. The third-order valence-corrected chi connectivity index (χ3v) is 3.86. The molecule has 1 aromatic carbocycles.